The summed E-state index contributed by atoms with van der Waals surface area (Å²) < 4.78 is 1.92. The fraction of sp³-hybridized carbons (Fsp3) is 0.529. The van der Waals surface area contributed by atoms with Gasteiger partial charge in [-0.25, -0.2) is 0 Å². The van der Waals surface area contributed by atoms with Crippen molar-refractivity contribution in [2.75, 3.05) is 6.54 Å². The van der Waals surface area contributed by atoms with E-state index in [1.165, 1.54) is 16.1 Å². The van der Waals surface area contributed by atoms with Crippen molar-refractivity contribution in [3.8, 4) is 0 Å². The van der Waals surface area contributed by atoms with Gasteiger partial charge in [-0.1, -0.05) is 0 Å². The lowest BCUT2D eigenvalue weighted by atomic mass is 10.0. The maximum atomic E-state index is 12.7. The van der Waals surface area contributed by atoms with E-state index in [1.54, 1.807) is 11.3 Å². The van der Waals surface area contributed by atoms with Crippen LogP contribution in [-0.4, -0.2) is 27.1 Å². The summed E-state index contributed by atoms with van der Waals surface area (Å²) >= 11 is 1.72. The van der Waals surface area contributed by atoms with Gasteiger partial charge in [-0.15, -0.1) is 11.3 Å². The molecule has 1 atom stereocenters. The van der Waals surface area contributed by atoms with Crippen LogP contribution in [0.2, 0.25) is 0 Å². The molecule has 1 fully saturated rings. The van der Waals surface area contributed by atoms with E-state index in [9.17, 15) is 4.79 Å². The smallest absolute Gasteiger partial charge is 0.228 e. The molecule has 3 rings (SSSR count). The van der Waals surface area contributed by atoms with E-state index in [2.05, 4.69) is 36.0 Å². The molecule has 0 spiro atoms. The second-order valence-corrected chi connectivity index (χ2v) is 7.51. The number of hydrogen-bond donors (Lipinski definition) is 0. The van der Waals surface area contributed by atoms with Gasteiger partial charge in [-0.3, -0.25) is 9.48 Å². The van der Waals surface area contributed by atoms with Crippen molar-refractivity contribution in [2.24, 2.45) is 7.05 Å². The zero-order valence-corrected chi connectivity index (χ0v) is 14.5. The average Bonchev–Trinajstić information content (AvgIpc) is 3.12. The van der Waals surface area contributed by atoms with Gasteiger partial charge in [0, 0.05) is 34.6 Å². The summed E-state index contributed by atoms with van der Waals surface area (Å²) in [6.07, 6.45) is 2.64. The quantitative estimate of drug-likeness (QED) is 0.871. The topological polar surface area (TPSA) is 38.1 Å². The molecule has 3 heterocycles. The molecule has 1 aliphatic heterocycles. The SMILES string of the molecule is Cc1ccc(CC(=O)N2CCC[C@H]2c2c(C)nn(C)c2C)s1. The summed E-state index contributed by atoms with van der Waals surface area (Å²) in [4.78, 5) is 17.2. The first-order valence-electron chi connectivity index (χ1n) is 7.82. The van der Waals surface area contributed by atoms with Crippen LogP contribution in [0.4, 0.5) is 0 Å². The lowest BCUT2D eigenvalue weighted by Crippen LogP contribution is -2.32. The van der Waals surface area contributed by atoms with Crippen LogP contribution < -0.4 is 0 Å². The Morgan fingerprint density at radius 3 is 2.73 bits per heavy atom. The Morgan fingerprint density at radius 2 is 2.14 bits per heavy atom. The number of aryl methyl sites for hydroxylation is 3. The Morgan fingerprint density at radius 1 is 1.36 bits per heavy atom. The number of amides is 1. The Hall–Kier alpha value is -1.62. The number of rotatable bonds is 3. The van der Waals surface area contributed by atoms with Crippen molar-refractivity contribution < 1.29 is 4.79 Å². The Bertz CT molecular complexity index is 701. The molecule has 4 nitrogen and oxygen atoms in total. The number of thiophene rings is 1. The summed E-state index contributed by atoms with van der Waals surface area (Å²) in [5.74, 6) is 0.243. The van der Waals surface area contributed by atoms with Crippen molar-refractivity contribution in [3.63, 3.8) is 0 Å². The van der Waals surface area contributed by atoms with Gasteiger partial charge in [0.2, 0.25) is 5.91 Å². The van der Waals surface area contributed by atoms with Gasteiger partial charge >= 0.3 is 0 Å². The molecule has 0 aliphatic carbocycles. The van der Waals surface area contributed by atoms with E-state index < -0.39 is 0 Å². The highest BCUT2D eigenvalue weighted by Gasteiger charge is 2.33. The molecule has 0 saturated carbocycles. The standard InChI is InChI=1S/C17H23N3OS/c1-11-7-8-14(22-11)10-16(21)20-9-5-6-15(20)17-12(2)18-19(4)13(17)3/h7-8,15H,5-6,9-10H2,1-4H3/t15-/m0/s1. The minimum atomic E-state index is 0.197. The molecule has 0 N–H and O–H groups in total. The second kappa shape index (κ2) is 5.88. The van der Waals surface area contributed by atoms with Crippen molar-refractivity contribution in [1.29, 1.82) is 0 Å². The van der Waals surface area contributed by atoms with E-state index >= 15 is 0 Å². The summed E-state index contributed by atoms with van der Waals surface area (Å²) in [7, 11) is 1.97. The van der Waals surface area contributed by atoms with Crippen LogP contribution in [0.15, 0.2) is 12.1 Å². The molecule has 0 aromatic carbocycles. The van der Waals surface area contributed by atoms with Gasteiger partial charge in [0.1, 0.15) is 0 Å². The van der Waals surface area contributed by atoms with Gasteiger partial charge in [0.05, 0.1) is 18.2 Å². The molecular formula is C17H23N3OS. The van der Waals surface area contributed by atoms with Crippen LogP contribution in [0.5, 0.6) is 0 Å². The van der Waals surface area contributed by atoms with E-state index in [-0.39, 0.29) is 11.9 Å². The van der Waals surface area contributed by atoms with E-state index in [1.807, 2.05) is 18.7 Å². The lowest BCUT2D eigenvalue weighted by Gasteiger charge is -2.25. The zero-order valence-electron chi connectivity index (χ0n) is 13.7. The summed E-state index contributed by atoms with van der Waals surface area (Å²) in [6.45, 7) is 7.09. The minimum Gasteiger partial charge on any atom is -0.335 e. The third-order valence-corrected chi connectivity index (χ3v) is 5.59. The summed E-state index contributed by atoms with van der Waals surface area (Å²) in [5.41, 5.74) is 3.47. The monoisotopic (exact) mass is 317 g/mol. The van der Waals surface area contributed by atoms with Crippen LogP contribution in [0, 0.1) is 20.8 Å². The maximum Gasteiger partial charge on any atom is 0.228 e. The van der Waals surface area contributed by atoms with Gasteiger partial charge < -0.3 is 4.90 Å². The molecule has 0 bridgehead atoms. The van der Waals surface area contributed by atoms with Crippen molar-refractivity contribution in [1.82, 2.24) is 14.7 Å². The number of nitrogens with zero attached hydrogens (tertiary/aromatic N) is 3. The van der Waals surface area contributed by atoms with Crippen LogP contribution >= 0.6 is 11.3 Å². The predicted octanol–water partition coefficient (Wildman–Crippen LogP) is 3.31. The number of carbonyl (C=O) groups excluding carboxylic acids is 1. The van der Waals surface area contributed by atoms with E-state index in [0.717, 1.165) is 30.0 Å². The molecule has 0 unspecified atom stereocenters. The van der Waals surface area contributed by atoms with Gasteiger partial charge in [0.15, 0.2) is 0 Å². The molecule has 5 heteroatoms. The van der Waals surface area contributed by atoms with Gasteiger partial charge in [0.25, 0.3) is 0 Å². The highest BCUT2D eigenvalue weighted by molar-refractivity contribution is 7.12. The molecule has 0 radical (unpaired) electrons. The minimum absolute atomic E-state index is 0.197. The van der Waals surface area contributed by atoms with Gasteiger partial charge in [-0.2, -0.15) is 5.10 Å². The predicted molar refractivity (Wildman–Crippen MR) is 89.1 cm³/mol. The Balaban J connectivity index is 1.82. The second-order valence-electron chi connectivity index (χ2n) is 6.14. The molecular weight excluding hydrogens is 294 g/mol. The van der Waals surface area contributed by atoms with Crippen molar-refractivity contribution >= 4 is 17.2 Å². The number of hydrogen-bond acceptors (Lipinski definition) is 3. The molecule has 2 aromatic heterocycles. The van der Waals surface area contributed by atoms with Crippen LogP contribution in [0.1, 0.15) is 45.6 Å². The summed E-state index contributed by atoms with van der Waals surface area (Å²) in [5, 5.41) is 4.52. The molecule has 1 saturated heterocycles. The molecule has 118 valence electrons. The van der Waals surface area contributed by atoms with E-state index in [0.29, 0.717) is 6.42 Å². The average molecular weight is 317 g/mol. The first-order valence-corrected chi connectivity index (χ1v) is 8.64. The molecule has 2 aromatic rings. The Labute approximate surface area is 135 Å². The largest absolute Gasteiger partial charge is 0.335 e. The lowest BCUT2D eigenvalue weighted by molar-refractivity contribution is -0.131. The normalized spacial score (nSPS) is 18.2. The number of aromatic nitrogens is 2. The van der Waals surface area contributed by atoms with E-state index in [4.69, 9.17) is 0 Å². The van der Waals surface area contributed by atoms with Crippen LogP contribution in [0.25, 0.3) is 0 Å². The first kappa shape index (κ1) is 15.3. The third-order valence-electron chi connectivity index (χ3n) is 4.59. The molecule has 1 amide bonds. The highest BCUT2D eigenvalue weighted by atomic mass is 32.1. The fourth-order valence-electron chi connectivity index (χ4n) is 3.47. The van der Waals surface area contributed by atoms with Crippen LogP contribution in [0.3, 0.4) is 0 Å². The van der Waals surface area contributed by atoms with Crippen LogP contribution in [-0.2, 0) is 18.3 Å². The third kappa shape index (κ3) is 2.70. The molecule has 22 heavy (non-hydrogen) atoms. The zero-order chi connectivity index (χ0) is 15.9. The number of carbonyl (C=O) groups is 1. The maximum absolute atomic E-state index is 12.7. The fourth-order valence-corrected chi connectivity index (χ4v) is 4.35. The summed E-state index contributed by atoms with van der Waals surface area (Å²) in [6, 6.07) is 4.36. The highest BCUT2D eigenvalue weighted by Crippen LogP contribution is 2.36. The molecule has 1 aliphatic rings. The van der Waals surface area contributed by atoms with Gasteiger partial charge in [-0.05, 0) is 45.7 Å². The van der Waals surface area contributed by atoms with Crippen molar-refractivity contribution in [2.45, 2.75) is 46.1 Å². The number of likely N-dealkylation sites (tertiary alicyclic amines) is 1. The first-order chi connectivity index (χ1) is 10.5. The van der Waals surface area contributed by atoms with Crippen molar-refractivity contribution in [3.05, 3.63) is 38.8 Å². The Kier molecular flexibility index (Phi) is 4.08.